The van der Waals surface area contributed by atoms with Gasteiger partial charge in [-0.3, -0.25) is 14.5 Å². The van der Waals surface area contributed by atoms with E-state index in [1.54, 1.807) is 31.2 Å². The van der Waals surface area contributed by atoms with Crippen LogP contribution in [0.25, 0.3) is 6.08 Å². The number of thioether (sulfide) groups is 1. The minimum atomic E-state index is -0.780. The zero-order chi connectivity index (χ0) is 24.2. The van der Waals surface area contributed by atoms with Gasteiger partial charge >= 0.3 is 0 Å². The number of carbonyl (C=O) groups excluding carboxylic acids is 2. The summed E-state index contributed by atoms with van der Waals surface area (Å²) in [5, 5.41) is -0.497. The fourth-order valence-corrected chi connectivity index (χ4v) is 4.36. The quantitative estimate of drug-likeness (QED) is 0.176. The maximum absolute atomic E-state index is 14.0. The molecule has 174 valence electrons. The van der Waals surface area contributed by atoms with Gasteiger partial charge in [-0.25, -0.2) is 4.98 Å². The monoisotopic (exact) mass is 611 g/mol. The molecule has 0 aliphatic carbocycles. The third-order valence-corrected chi connectivity index (χ3v) is 6.39. The maximum atomic E-state index is 14.0. The van der Waals surface area contributed by atoms with E-state index in [1.807, 2.05) is 24.3 Å². The highest BCUT2D eigenvalue weighted by Gasteiger charge is 2.35. The molecule has 1 fully saturated rings. The van der Waals surface area contributed by atoms with Crippen molar-refractivity contribution in [2.75, 3.05) is 6.61 Å². The highest BCUT2D eigenvalue weighted by Crippen LogP contribution is 2.37. The Labute approximate surface area is 217 Å². The van der Waals surface area contributed by atoms with Crippen LogP contribution in [0.5, 0.6) is 17.4 Å². The zero-order valence-corrected chi connectivity index (χ0v) is 21.4. The van der Waals surface area contributed by atoms with Gasteiger partial charge in [-0.2, -0.15) is 9.37 Å². The lowest BCUT2D eigenvalue weighted by atomic mass is 10.1. The molecule has 0 N–H and O–H groups in total. The van der Waals surface area contributed by atoms with E-state index in [0.717, 1.165) is 27.1 Å². The van der Waals surface area contributed by atoms with Crippen molar-refractivity contribution in [2.24, 2.45) is 0 Å². The molecule has 1 aliphatic heterocycles. The lowest BCUT2D eigenvalue weighted by Gasteiger charge is -2.13. The number of hydrogen-bond acceptors (Lipinski definition) is 7. The Morgan fingerprint density at radius 2 is 1.94 bits per heavy atom. The summed E-state index contributed by atoms with van der Waals surface area (Å²) < 4.78 is 26.2. The number of aromatic nitrogens is 2. The van der Waals surface area contributed by atoms with Crippen molar-refractivity contribution in [3.05, 3.63) is 79.4 Å². The lowest BCUT2D eigenvalue weighted by Crippen LogP contribution is -2.27. The Morgan fingerprint density at radius 3 is 2.68 bits per heavy atom. The van der Waals surface area contributed by atoms with E-state index in [4.69, 9.17) is 21.1 Å². The van der Waals surface area contributed by atoms with Gasteiger partial charge in [0.1, 0.15) is 0 Å². The van der Waals surface area contributed by atoms with Crippen LogP contribution in [0.4, 0.5) is 9.18 Å². The number of benzene rings is 2. The highest BCUT2D eigenvalue weighted by atomic mass is 127. The first kappa shape index (κ1) is 24.4. The van der Waals surface area contributed by atoms with Crippen molar-refractivity contribution in [2.45, 2.75) is 13.5 Å². The third kappa shape index (κ3) is 5.68. The van der Waals surface area contributed by atoms with Crippen LogP contribution < -0.4 is 9.47 Å². The molecule has 1 saturated heterocycles. The van der Waals surface area contributed by atoms with Crippen LogP contribution in [0.15, 0.2) is 53.6 Å². The minimum absolute atomic E-state index is 0.160. The van der Waals surface area contributed by atoms with E-state index >= 15 is 0 Å². The van der Waals surface area contributed by atoms with Crippen molar-refractivity contribution in [1.29, 1.82) is 0 Å². The second-order valence-electron chi connectivity index (χ2n) is 6.93. The van der Waals surface area contributed by atoms with Gasteiger partial charge in [0.25, 0.3) is 17.0 Å². The Bertz CT molecular complexity index is 1290. The SMILES string of the molecule is CCOc1cc(/C=C2/SC(=O)N(Cc3ccc(I)cc3)C2=O)ccc1Oc1nc(Cl)ncc1F. The predicted molar refractivity (Wildman–Crippen MR) is 135 cm³/mol. The highest BCUT2D eigenvalue weighted by molar-refractivity contribution is 14.1. The number of nitrogens with zero attached hydrogens (tertiary/aromatic N) is 3. The Hall–Kier alpha value is -2.70. The molecule has 7 nitrogen and oxygen atoms in total. The van der Waals surface area contributed by atoms with E-state index in [2.05, 4.69) is 32.6 Å². The first-order valence-electron chi connectivity index (χ1n) is 9.96. The molecular formula is C23H16ClFIN3O4S. The van der Waals surface area contributed by atoms with E-state index in [9.17, 15) is 14.0 Å². The molecule has 11 heteroatoms. The molecular weight excluding hydrogens is 596 g/mol. The van der Waals surface area contributed by atoms with Gasteiger partial charge in [0.2, 0.25) is 11.1 Å². The minimum Gasteiger partial charge on any atom is -0.490 e. The molecule has 1 aromatic heterocycles. The summed E-state index contributed by atoms with van der Waals surface area (Å²) in [4.78, 5) is 34.1. The number of imide groups is 1. The molecule has 0 bridgehead atoms. The lowest BCUT2D eigenvalue weighted by molar-refractivity contribution is -0.123. The van der Waals surface area contributed by atoms with Crippen LogP contribution in [-0.2, 0) is 11.3 Å². The normalized spacial score (nSPS) is 14.7. The molecule has 0 saturated carbocycles. The number of carbonyl (C=O) groups is 2. The predicted octanol–water partition coefficient (Wildman–Crippen LogP) is 6.30. The summed E-state index contributed by atoms with van der Waals surface area (Å²) in [6.07, 6.45) is 2.51. The summed E-state index contributed by atoms with van der Waals surface area (Å²) in [6, 6.07) is 12.5. The number of halogens is 3. The van der Waals surface area contributed by atoms with Crippen LogP contribution in [-0.4, -0.2) is 32.6 Å². The number of rotatable bonds is 7. The molecule has 0 atom stereocenters. The molecule has 0 unspecified atom stereocenters. The molecule has 1 aliphatic rings. The first-order chi connectivity index (χ1) is 16.3. The van der Waals surface area contributed by atoms with Crippen LogP contribution in [0.2, 0.25) is 5.28 Å². The van der Waals surface area contributed by atoms with Crippen LogP contribution in [0, 0.1) is 9.39 Å². The fourth-order valence-electron chi connectivity index (χ4n) is 3.03. The largest absolute Gasteiger partial charge is 0.490 e. The van der Waals surface area contributed by atoms with Crippen molar-refractivity contribution < 1.29 is 23.5 Å². The smallest absolute Gasteiger partial charge is 0.293 e. The second-order valence-corrected chi connectivity index (χ2v) is 9.50. The summed E-state index contributed by atoms with van der Waals surface area (Å²) in [5.41, 5.74) is 1.47. The van der Waals surface area contributed by atoms with E-state index in [-0.39, 0.29) is 34.6 Å². The molecule has 4 rings (SSSR count). The van der Waals surface area contributed by atoms with Gasteiger partial charge in [0.15, 0.2) is 11.5 Å². The summed E-state index contributed by atoms with van der Waals surface area (Å²) >= 11 is 8.79. The molecule has 2 heterocycles. The first-order valence-corrected chi connectivity index (χ1v) is 12.2. The average Bonchev–Trinajstić information content (AvgIpc) is 3.07. The van der Waals surface area contributed by atoms with Gasteiger partial charge in [0.05, 0.1) is 24.3 Å². The van der Waals surface area contributed by atoms with Crippen molar-refractivity contribution >= 4 is 63.2 Å². The summed E-state index contributed by atoms with van der Waals surface area (Å²) in [7, 11) is 0. The Balaban J connectivity index is 1.56. The van der Waals surface area contributed by atoms with Crippen LogP contribution >= 0.6 is 46.0 Å². The van der Waals surface area contributed by atoms with Crippen LogP contribution in [0.1, 0.15) is 18.1 Å². The van der Waals surface area contributed by atoms with E-state index in [0.29, 0.717) is 22.8 Å². The summed E-state index contributed by atoms with van der Waals surface area (Å²) in [5.74, 6) is -0.976. The maximum Gasteiger partial charge on any atom is 0.293 e. The van der Waals surface area contributed by atoms with Gasteiger partial charge in [-0.05, 0) is 94.3 Å². The molecule has 34 heavy (non-hydrogen) atoms. The Morgan fingerprint density at radius 1 is 1.18 bits per heavy atom. The van der Waals surface area contributed by atoms with Crippen LogP contribution in [0.3, 0.4) is 0 Å². The van der Waals surface area contributed by atoms with Gasteiger partial charge in [-0.15, -0.1) is 0 Å². The number of hydrogen-bond donors (Lipinski definition) is 0. The molecule has 2 aromatic carbocycles. The third-order valence-electron chi connectivity index (χ3n) is 4.58. The van der Waals surface area contributed by atoms with Gasteiger partial charge in [0, 0.05) is 3.57 Å². The average molecular weight is 612 g/mol. The van der Waals surface area contributed by atoms with Gasteiger partial charge < -0.3 is 9.47 Å². The summed E-state index contributed by atoms with van der Waals surface area (Å²) in [6.45, 7) is 2.30. The second kappa shape index (κ2) is 10.7. The van der Waals surface area contributed by atoms with E-state index < -0.39 is 5.82 Å². The van der Waals surface area contributed by atoms with Crippen molar-refractivity contribution in [1.82, 2.24) is 14.9 Å². The van der Waals surface area contributed by atoms with Gasteiger partial charge in [-0.1, -0.05) is 18.2 Å². The molecule has 0 spiro atoms. The van der Waals surface area contributed by atoms with Crippen molar-refractivity contribution in [3.8, 4) is 17.4 Å². The fraction of sp³-hybridized carbons (Fsp3) is 0.130. The molecule has 2 amide bonds. The Kier molecular flexibility index (Phi) is 7.69. The number of amides is 2. The standard InChI is InChI=1S/C23H16ClFIN3O4S/c1-2-32-18-9-14(5-8-17(18)33-20-16(25)11-27-22(24)28-20)10-19-21(30)29(23(31)34-19)12-13-3-6-15(26)7-4-13/h3-11H,2,12H2,1H3/b19-10+. The zero-order valence-electron chi connectivity index (χ0n) is 17.6. The molecule has 0 radical (unpaired) electrons. The molecule has 3 aromatic rings. The number of ether oxygens (including phenoxy) is 2. The van der Waals surface area contributed by atoms with E-state index in [1.165, 1.54) is 4.90 Å². The van der Waals surface area contributed by atoms with Crippen molar-refractivity contribution in [3.63, 3.8) is 0 Å². The topological polar surface area (TPSA) is 81.6 Å².